The number of nitriles is 1. The van der Waals surface area contributed by atoms with Gasteiger partial charge in [-0.25, -0.2) is 4.99 Å². The molecule has 190 valence electrons. The van der Waals surface area contributed by atoms with Crippen molar-refractivity contribution in [1.82, 2.24) is 0 Å². The zero-order valence-corrected chi connectivity index (χ0v) is 23.5. The Kier molecular flexibility index (Phi) is 8.23. The monoisotopic (exact) mass is 603 g/mol. The maximum absolute atomic E-state index is 13.4. The van der Waals surface area contributed by atoms with Gasteiger partial charge in [0.2, 0.25) is 0 Å². The van der Waals surface area contributed by atoms with Crippen molar-refractivity contribution >= 4 is 61.7 Å². The summed E-state index contributed by atoms with van der Waals surface area (Å²) in [5.41, 5.74) is 4.72. The second kappa shape index (κ2) is 12.0. The molecule has 1 heterocycles. The molecule has 0 radical (unpaired) electrons. The highest BCUT2D eigenvalue weighted by Crippen LogP contribution is 2.41. The quantitative estimate of drug-likeness (QED) is 0.215. The van der Waals surface area contributed by atoms with Crippen LogP contribution in [0.15, 0.2) is 76.2 Å². The van der Waals surface area contributed by atoms with E-state index in [1.54, 1.807) is 41.8 Å². The van der Waals surface area contributed by atoms with Crippen molar-refractivity contribution in [3.63, 3.8) is 0 Å². The summed E-state index contributed by atoms with van der Waals surface area (Å²) >= 11 is 11.5. The van der Waals surface area contributed by atoms with Crippen LogP contribution in [0, 0.1) is 11.3 Å². The average molecular weight is 605 g/mol. The minimum Gasteiger partial charge on any atom is -0.487 e. The van der Waals surface area contributed by atoms with Crippen molar-refractivity contribution in [2.75, 3.05) is 5.32 Å². The molecule has 0 fully saturated rings. The summed E-state index contributed by atoms with van der Waals surface area (Å²) in [6.45, 7) is 0.310. The minimum atomic E-state index is -0.146. The molecular formula is C30H23BrClN3O2S. The normalized spacial score (nSPS) is 12.7. The van der Waals surface area contributed by atoms with Gasteiger partial charge in [0, 0.05) is 27.4 Å². The van der Waals surface area contributed by atoms with E-state index in [9.17, 15) is 4.79 Å². The fourth-order valence-electron chi connectivity index (χ4n) is 4.38. The first-order chi connectivity index (χ1) is 18.5. The number of thiophene rings is 1. The van der Waals surface area contributed by atoms with Gasteiger partial charge in [0.15, 0.2) is 0 Å². The summed E-state index contributed by atoms with van der Waals surface area (Å²) in [6.07, 6.45) is 5.72. The van der Waals surface area contributed by atoms with Gasteiger partial charge in [0.05, 0.1) is 21.7 Å². The lowest BCUT2D eigenvalue weighted by Gasteiger charge is -2.13. The number of carbonyl (C=O) groups is 1. The van der Waals surface area contributed by atoms with Crippen molar-refractivity contribution in [2.45, 2.75) is 32.3 Å². The van der Waals surface area contributed by atoms with Crippen molar-refractivity contribution in [2.24, 2.45) is 4.99 Å². The number of anilines is 1. The summed E-state index contributed by atoms with van der Waals surface area (Å²) in [5.74, 6) is 0.450. The molecule has 0 spiro atoms. The molecule has 8 heteroatoms. The second-order valence-electron chi connectivity index (χ2n) is 8.87. The molecule has 0 atom stereocenters. The molecule has 4 aromatic rings. The van der Waals surface area contributed by atoms with Gasteiger partial charge in [0.25, 0.3) is 5.91 Å². The van der Waals surface area contributed by atoms with Crippen molar-refractivity contribution in [3.05, 3.63) is 109 Å². The third-order valence-electron chi connectivity index (χ3n) is 6.24. The third kappa shape index (κ3) is 5.99. The van der Waals surface area contributed by atoms with E-state index in [2.05, 4.69) is 27.3 Å². The summed E-state index contributed by atoms with van der Waals surface area (Å²) in [7, 11) is 0. The number of rotatable bonds is 7. The molecule has 0 unspecified atom stereocenters. The number of aliphatic imine (C=N–C) groups is 1. The summed E-state index contributed by atoms with van der Waals surface area (Å²) in [5, 5.41) is 13.3. The molecule has 1 aromatic heterocycles. The number of amides is 1. The number of nitrogens with zero attached hydrogens (tertiary/aromatic N) is 2. The van der Waals surface area contributed by atoms with E-state index in [0.717, 1.165) is 42.5 Å². The lowest BCUT2D eigenvalue weighted by atomic mass is 9.95. The number of carbonyl (C=O) groups excluding carboxylic acids is 1. The van der Waals surface area contributed by atoms with Crippen LogP contribution in [-0.2, 0) is 19.4 Å². The van der Waals surface area contributed by atoms with E-state index in [0.29, 0.717) is 43.5 Å². The van der Waals surface area contributed by atoms with Gasteiger partial charge in [-0.1, -0.05) is 41.9 Å². The van der Waals surface area contributed by atoms with Crippen LogP contribution in [0.25, 0.3) is 0 Å². The van der Waals surface area contributed by atoms with Crippen molar-refractivity contribution in [3.8, 4) is 11.8 Å². The molecule has 1 N–H and O–H groups in total. The second-order valence-corrected chi connectivity index (χ2v) is 11.2. The van der Waals surface area contributed by atoms with E-state index >= 15 is 0 Å². The Bertz CT molecular complexity index is 1540. The standard InChI is InChI=1S/C30H23BrClN3O2S/c31-25-15-22(32)14-21(28(25)37-18-20-12-10-19(16-33)11-13-20)17-34-30-27(24-8-4-5-9-26(24)38-30)29(36)35-23-6-2-1-3-7-23/h1-3,6-7,10-15,17H,4-5,8-9,18H2,(H,35,36). The lowest BCUT2D eigenvalue weighted by molar-refractivity contribution is 0.102. The predicted octanol–water partition coefficient (Wildman–Crippen LogP) is 8.50. The van der Waals surface area contributed by atoms with Crippen molar-refractivity contribution in [1.29, 1.82) is 5.26 Å². The van der Waals surface area contributed by atoms with Crippen LogP contribution in [0.3, 0.4) is 0 Å². The number of nitrogens with one attached hydrogen (secondary N) is 1. The number of ether oxygens (including phenoxy) is 1. The Labute approximate surface area is 238 Å². The number of hydrogen-bond donors (Lipinski definition) is 1. The van der Waals surface area contributed by atoms with Crippen LogP contribution in [0.2, 0.25) is 5.02 Å². The van der Waals surface area contributed by atoms with Crippen LogP contribution in [0.5, 0.6) is 5.75 Å². The molecular weight excluding hydrogens is 582 g/mol. The first-order valence-corrected chi connectivity index (χ1v) is 14.2. The SMILES string of the molecule is N#Cc1ccc(COc2c(Br)cc(Cl)cc2C=Nc2sc3c(c2C(=O)Nc2ccccc2)CCCC3)cc1. The van der Waals surface area contributed by atoms with E-state index in [1.165, 1.54) is 4.88 Å². The Morgan fingerprint density at radius 2 is 1.89 bits per heavy atom. The highest BCUT2D eigenvalue weighted by molar-refractivity contribution is 9.10. The highest BCUT2D eigenvalue weighted by Gasteiger charge is 2.25. The Morgan fingerprint density at radius 3 is 2.66 bits per heavy atom. The van der Waals surface area contributed by atoms with E-state index in [1.807, 2.05) is 42.5 Å². The Balaban J connectivity index is 1.45. The Morgan fingerprint density at radius 1 is 1.13 bits per heavy atom. The number of benzene rings is 3. The van der Waals surface area contributed by atoms with Crippen LogP contribution in [0.4, 0.5) is 10.7 Å². The van der Waals surface area contributed by atoms with Crippen LogP contribution in [0.1, 0.15) is 50.3 Å². The highest BCUT2D eigenvalue weighted by atomic mass is 79.9. The summed E-state index contributed by atoms with van der Waals surface area (Å²) in [6, 6.07) is 22.4. The third-order valence-corrected chi connectivity index (χ3v) is 8.24. The maximum Gasteiger partial charge on any atom is 0.259 e. The molecule has 1 amide bonds. The largest absolute Gasteiger partial charge is 0.487 e. The van der Waals surface area contributed by atoms with E-state index in [-0.39, 0.29) is 5.91 Å². The van der Waals surface area contributed by atoms with Gasteiger partial charge in [-0.05, 0) is 89.1 Å². The molecule has 0 aliphatic heterocycles. The van der Waals surface area contributed by atoms with Gasteiger partial charge >= 0.3 is 0 Å². The smallest absolute Gasteiger partial charge is 0.259 e. The topological polar surface area (TPSA) is 74.5 Å². The predicted molar refractivity (Wildman–Crippen MR) is 157 cm³/mol. The number of para-hydroxylation sites is 1. The molecule has 38 heavy (non-hydrogen) atoms. The molecule has 5 rings (SSSR count). The fourth-order valence-corrected chi connectivity index (χ4v) is 6.56. The number of halogens is 2. The zero-order valence-electron chi connectivity index (χ0n) is 20.3. The van der Waals surface area contributed by atoms with E-state index in [4.69, 9.17) is 26.6 Å². The zero-order chi connectivity index (χ0) is 26.5. The van der Waals surface area contributed by atoms with Gasteiger partial charge < -0.3 is 10.1 Å². The average Bonchev–Trinajstić information content (AvgIpc) is 3.30. The minimum absolute atomic E-state index is 0.146. The molecule has 1 aliphatic carbocycles. The van der Waals surface area contributed by atoms with Crippen LogP contribution < -0.4 is 10.1 Å². The maximum atomic E-state index is 13.4. The number of aryl methyl sites for hydroxylation is 1. The van der Waals surface area contributed by atoms with E-state index < -0.39 is 0 Å². The number of fused-ring (bicyclic) bond motifs is 1. The van der Waals surface area contributed by atoms with Crippen LogP contribution >= 0.6 is 38.9 Å². The van der Waals surface area contributed by atoms with Crippen LogP contribution in [-0.4, -0.2) is 12.1 Å². The molecule has 5 nitrogen and oxygen atoms in total. The van der Waals surface area contributed by atoms with Gasteiger partial charge in [-0.3, -0.25) is 4.79 Å². The first kappa shape index (κ1) is 26.2. The Hall–Kier alpha value is -3.44. The molecule has 3 aromatic carbocycles. The molecule has 1 aliphatic rings. The lowest BCUT2D eigenvalue weighted by Crippen LogP contribution is -2.14. The summed E-state index contributed by atoms with van der Waals surface area (Å²) < 4.78 is 6.85. The van der Waals surface area contributed by atoms with Gasteiger partial charge in [0.1, 0.15) is 17.4 Å². The van der Waals surface area contributed by atoms with Gasteiger partial charge in [-0.2, -0.15) is 5.26 Å². The van der Waals surface area contributed by atoms with Gasteiger partial charge in [-0.15, -0.1) is 11.3 Å². The molecule has 0 saturated carbocycles. The first-order valence-electron chi connectivity index (χ1n) is 12.2. The molecule has 0 bridgehead atoms. The number of hydrogen-bond acceptors (Lipinski definition) is 5. The molecule has 0 saturated heterocycles. The fraction of sp³-hybridized carbons (Fsp3) is 0.167. The summed E-state index contributed by atoms with van der Waals surface area (Å²) in [4.78, 5) is 19.4. The van der Waals surface area contributed by atoms with Crippen molar-refractivity contribution < 1.29 is 9.53 Å².